The van der Waals surface area contributed by atoms with Gasteiger partial charge in [0.25, 0.3) is 0 Å². The number of hydrogen-bond acceptors (Lipinski definition) is 2. The second-order valence-electron chi connectivity index (χ2n) is 5.53. The fourth-order valence-corrected chi connectivity index (χ4v) is 2.19. The zero-order valence-electron chi connectivity index (χ0n) is 11.3. The van der Waals surface area contributed by atoms with Gasteiger partial charge < -0.3 is 8.83 Å². The van der Waals surface area contributed by atoms with Crippen molar-refractivity contribution in [2.75, 3.05) is 0 Å². The lowest BCUT2D eigenvalue weighted by Crippen LogP contribution is -1.80. The van der Waals surface area contributed by atoms with Gasteiger partial charge in [-0.05, 0) is 18.2 Å². The first-order valence-electron chi connectivity index (χ1n) is 6.51. The van der Waals surface area contributed by atoms with Gasteiger partial charge in [0.1, 0.15) is 22.7 Å². The third-order valence-corrected chi connectivity index (χ3v) is 3.33. The normalized spacial score (nSPS) is 12.3. The van der Waals surface area contributed by atoms with Crippen LogP contribution in [0.15, 0.2) is 33.1 Å². The first kappa shape index (κ1) is 11.4. The van der Waals surface area contributed by atoms with Crippen molar-refractivity contribution in [2.24, 2.45) is 0 Å². The minimum Gasteiger partial charge on any atom is -0.461 e. The fraction of sp³-hybridized carbons (Fsp3) is 0.375. The zero-order valence-corrected chi connectivity index (χ0v) is 11.3. The molecule has 94 valence electrons. The predicted molar refractivity (Wildman–Crippen MR) is 74.2 cm³/mol. The largest absolute Gasteiger partial charge is 0.461 e. The zero-order chi connectivity index (χ0) is 12.9. The van der Waals surface area contributed by atoms with Crippen molar-refractivity contribution in [2.45, 2.75) is 39.5 Å². The maximum absolute atomic E-state index is 5.85. The molecule has 0 saturated carbocycles. The molecule has 0 aliphatic heterocycles. The van der Waals surface area contributed by atoms with Gasteiger partial charge in [-0.15, -0.1) is 0 Å². The molecule has 0 aliphatic rings. The lowest BCUT2D eigenvalue weighted by atomic mass is 10.1. The fourth-order valence-electron chi connectivity index (χ4n) is 2.19. The third-order valence-electron chi connectivity index (χ3n) is 3.33. The second-order valence-corrected chi connectivity index (χ2v) is 5.53. The Bertz CT molecular complexity index is 590. The summed E-state index contributed by atoms with van der Waals surface area (Å²) >= 11 is 0. The van der Waals surface area contributed by atoms with Crippen LogP contribution in [0, 0.1) is 0 Å². The van der Waals surface area contributed by atoms with E-state index < -0.39 is 0 Å². The van der Waals surface area contributed by atoms with Gasteiger partial charge in [0.2, 0.25) is 0 Å². The number of benzene rings is 1. The molecule has 0 fully saturated rings. The van der Waals surface area contributed by atoms with Crippen molar-refractivity contribution in [3.05, 3.63) is 35.8 Å². The highest BCUT2D eigenvalue weighted by Gasteiger charge is 2.12. The average Bonchev–Trinajstić information content (AvgIpc) is 2.87. The van der Waals surface area contributed by atoms with E-state index in [9.17, 15) is 0 Å². The lowest BCUT2D eigenvalue weighted by Gasteiger charge is -1.96. The van der Waals surface area contributed by atoms with Crippen LogP contribution in [0.5, 0.6) is 0 Å². The molecule has 1 aromatic carbocycles. The molecule has 0 unspecified atom stereocenters. The molecule has 0 N–H and O–H groups in total. The molecule has 0 aliphatic carbocycles. The molecule has 2 aromatic heterocycles. The van der Waals surface area contributed by atoms with Gasteiger partial charge in [-0.2, -0.15) is 0 Å². The Morgan fingerprint density at radius 3 is 1.50 bits per heavy atom. The SMILES string of the molecule is CC(C)c1cc2cc3cc(C(C)C)oc3cc2o1. The first-order valence-corrected chi connectivity index (χ1v) is 6.51. The summed E-state index contributed by atoms with van der Waals surface area (Å²) in [6.07, 6.45) is 0. The summed E-state index contributed by atoms with van der Waals surface area (Å²) in [6, 6.07) is 8.40. The van der Waals surface area contributed by atoms with E-state index in [1.165, 1.54) is 0 Å². The van der Waals surface area contributed by atoms with E-state index in [0.717, 1.165) is 33.5 Å². The van der Waals surface area contributed by atoms with Gasteiger partial charge in [-0.3, -0.25) is 0 Å². The van der Waals surface area contributed by atoms with Crippen LogP contribution >= 0.6 is 0 Å². The quantitative estimate of drug-likeness (QED) is 0.599. The maximum atomic E-state index is 5.85. The molecular formula is C16H18O2. The molecule has 0 spiro atoms. The number of furan rings is 2. The highest BCUT2D eigenvalue weighted by Crippen LogP contribution is 2.31. The molecule has 3 aromatic rings. The molecule has 0 amide bonds. The topological polar surface area (TPSA) is 26.3 Å². The number of rotatable bonds is 2. The van der Waals surface area contributed by atoms with Gasteiger partial charge in [0.05, 0.1) is 0 Å². The minimum absolute atomic E-state index is 0.412. The van der Waals surface area contributed by atoms with Crippen LogP contribution in [-0.4, -0.2) is 0 Å². The number of fused-ring (bicyclic) bond motifs is 2. The third kappa shape index (κ3) is 1.72. The Morgan fingerprint density at radius 2 is 1.11 bits per heavy atom. The van der Waals surface area contributed by atoms with Gasteiger partial charge >= 0.3 is 0 Å². The Hall–Kier alpha value is -1.70. The van der Waals surface area contributed by atoms with Crippen molar-refractivity contribution < 1.29 is 8.83 Å². The predicted octanol–water partition coefficient (Wildman–Crippen LogP) is 5.43. The standard InChI is InChI=1S/C16H18O2/c1-9(2)13-6-11-5-12-7-14(10(3)4)18-16(12)8-15(11)17-13/h5-10H,1-4H3. The van der Waals surface area contributed by atoms with Crippen molar-refractivity contribution >= 4 is 21.9 Å². The monoisotopic (exact) mass is 242 g/mol. The Labute approximate surface area is 107 Å². The summed E-state index contributed by atoms with van der Waals surface area (Å²) in [7, 11) is 0. The van der Waals surface area contributed by atoms with Crippen LogP contribution < -0.4 is 0 Å². The van der Waals surface area contributed by atoms with Crippen molar-refractivity contribution in [3.8, 4) is 0 Å². The highest BCUT2D eigenvalue weighted by atomic mass is 16.3. The average molecular weight is 242 g/mol. The van der Waals surface area contributed by atoms with E-state index >= 15 is 0 Å². The van der Waals surface area contributed by atoms with Crippen molar-refractivity contribution in [1.29, 1.82) is 0 Å². The maximum Gasteiger partial charge on any atom is 0.138 e. The molecule has 0 saturated heterocycles. The van der Waals surface area contributed by atoms with Crippen LogP contribution in [0.25, 0.3) is 21.9 Å². The molecule has 2 heteroatoms. The smallest absolute Gasteiger partial charge is 0.138 e. The van der Waals surface area contributed by atoms with Gasteiger partial charge in [-0.1, -0.05) is 27.7 Å². The molecule has 18 heavy (non-hydrogen) atoms. The molecule has 2 heterocycles. The van der Waals surface area contributed by atoms with E-state index in [4.69, 9.17) is 8.83 Å². The van der Waals surface area contributed by atoms with E-state index in [1.807, 2.05) is 6.07 Å². The molecule has 0 atom stereocenters. The van der Waals surface area contributed by atoms with Crippen LogP contribution in [-0.2, 0) is 0 Å². The Morgan fingerprint density at radius 1 is 0.667 bits per heavy atom. The molecule has 0 radical (unpaired) electrons. The van der Waals surface area contributed by atoms with E-state index in [0.29, 0.717) is 11.8 Å². The summed E-state index contributed by atoms with van der Waals surface area (Å²) in [4.78, 5) is 0. The molecule has 3 rings (SSSR count). The summed E-state index contributed by atoms with van der Waals surface area (Å²) < 4.78 is 11.7. The highest BCUT2D eigenvalue weighted by molar-refractivity contribution is 5.93. The summed E-state index contributed by atoms with van der Waals surface area (Å²) in [5.41, 5.74) is 1.83. The number of hydrogen-bond donors (Lipinski definition) is 0. The lowest BCUT2D eigenvalue weighted by molar-refractivity contribution is 0.514. The summed E-state index contributed by atoms with van der Waals surface area (Å²) in [6.45, 7) is 8.55. The van der Waals surface area contributed by atoms with E-state index in [2.05, 4.69) is 45.9 Å². The molecule has 2 nitrogen and oxygen atoms in total. The first-order chi connectivity index (χ1) is 8.54. The van der Waals surface area contributed by atoms with Gasteiger partial charge in [0.15, 0.2) is 0 Å². The van der Waals surface area contributed by atoms with Crippen molar-refractivity contribution in [1.82, 2.24) is 0 Å². The van der Waals surface area contributed by atoms with Crippen LogP contribution in [0.2, 0.25) is 0 Å². The summed E-state index contributed by atoms with van der Waals surface area (Å²) in [5.74, 6) is 2.88. The van der Waals surface area contributed by atoms with E-state index in [1.54, 1.807) is 0 Å². The van der Waals surface area contributed by atoms with E-state index in [-0.39, 0.29) is 0 Å². The van der Waals surface area contributed by atoms with Crippen LogP contribution in [0.1, 0.15) is 51.1 Å². The van der Waals surface area contributed by atoms with Crippen LogP contribution in [0.4, 0.5) is 0 Å². The molecule has 0 bridgehead atoms. The Balaban J connectivity index is 2.21. The van der Waals surface area contributed by atoms with Crippen LogP contribution in [0.3, 0.4) is 0 Å². The van der Waals surface area contributed by atoms with Crippen molar-refractivity contribution in [3.63, 3.8) is 0 Å². The second kappa shape index (κ2) is 3.91. The summed E-state index contributed by atoms with van der Waals surface area (Å²) in [5, 5.41) is 2.31. The van der Waals surface area contributed by atoms with Gasteiger partial charge in [0, 0.05) is 28.7 Å². The van der Waals surface area contributed by atoms with Gasteiger partial charge in [-0.25, -0.2) is 0 Å². The Kier molecular flexibility index (Phi) is 2.47. The minimum atomic E-state index is 0.412. The molecular weight excluding hydrogens is 224 g/mol.